The highest BCUT2D eigenvalue weighted by atomic mass is 35.5. The predicted octanol–water partition coefficient (Wildman–Crippen LogP) is 4.43. The van der Waals surface area contributed by atoms with Crippen LogP contribution in [0.15, 0.2) is 30.4 Å². The van der Waals surface area contributed by atoms with E-state index in [1.807, 2.05) is 39.8 Å². The number of halogens is 1. The molecule has 1 N–H and O–H groups in total. The highest BCUT2D eigenvalue weighted by Gasteiger charge is 2.51. The van der Waals surface area contributed by atoms with Crippen LogP contribution in [0, 0.1) is 17.8 Å². The molecule has 3 rings (SSSR count). The van der Waals surface area contributed by atoms with Crippen molar-refractivity contribution in [2.45, 2.75) is 59.1 Å². The molecular weight excluding hydrogens is 404 g/mol. The van der Waals surface area contributed by atoms with Crippen LogP contribution in [0.3, 0.4) is 0 Å². The summed E-state index contributed by atoms with van der Waals surface area (Å²) in [6, 6.07) is 4.16. The summed E-state index contributed by atoms with van der Waals surface area (Å²) in [4.78, 5) is 40.3. The van der Waals surface area contributed by atoms with Crippen LogP contribution in [-0.2, 0) is 14.4 Å². The lowest BCUT2D eigenvalue weighted by Crippen LogP contribution is -2.48. The van der Waals surface area contributed by atoms with E-state index in [-0.39, 0.29) is 41.6 Å². The standard InChI is InChI=1S/C23H29ClN2O4/c1-13(2)11-19(26-22(28)16-7-5-6-8-17(16)23(26)29)21(27)25-15-9-10-20(18(24)12-15)30-14(3)4/h5-6,9-10,12-14,16-17,19H,7-8,11H2,1-4H3,(H,25,27). The van der Waals surface area contributed by atoms with E-state index in [0.717, 1.165) is 0 Å². The number of carbonyl (C=O) groups is 3. The van der Waals surface area contributed by atoms with Crippen molar-refractivity contribution >= 4 is 35.0 Å². The molecule has 0 radical (unpaired) electrons. The van der Waals surface area contributed by atoms with Crippen LogP contribution in [0.1, 0.15) is 47.0 Å². The van der Waals surface area contributed by atoms with Gasteiger partial charge in [0, 0.05) is 5.69 Å². The third-order valence-corrected chi connectivity index (χ3v) is 5.71. The molecule has 1 aromatic carbocycles. The molecule has 6 nitrogen and oxygen atoms in total. The van der Waals surface area contributed by atoms with Gasteiger partial charge in [-0.25, -0.2) is 0 Å². The van der Waals surface area contributed by atoms with Gasteiger partial charge >= 0.3 is 0 Å². The molecule has 1 aliphatic carbocycles. The molecule has 0 saturated carbocycles. The number of carbonyl (C=O) groups excluding carboxylic acids is 3. The van der Waals surface area contributed by atoms with E-state index in [2.05, 4.69) is 5.32 Å². The summed E-state index contributed by atoms with van der Waals surface area (Å²) in [5.41, 5.74) is 0.494. The normalized spacial score (nSPS) is 21.9. The Morgan fingerprint density at radius 2 is 1.73 bits per heavy atom. The fourth-order valence-electron chi connectivity index (χ4n) is 4.06. The Kier molecular flexibility index (Phi) is 6.86. The average molecular weight is 433 g/mol. The number of fused-ring (bicyclic) bond motifs is 1. The van der Waals surface area contributed by atoms with Crippen LogP contribution in [0.2, 0.25) is 5.02 Å². The highest BCUT2D eigenvalue weighted by molar-refractivity contribution is 6.32. The molecular formula is C23H29ClN2O4. The van der Waals surface area contributed by atoms with Crippen LogP contribution in [0.5, 0.6) is 5.75 Å². The van der Waals surface area contributed by atoms with E-state index in [1.165, 1.54) is 4.90 Å². The van der Waals surface area contributed by atoms with Gasteiger partial charge in [-0.15, -0.1) is 0 Å². The number of likely N-dealkylation sites (tertiary alicyclic amines) is 1. The zero-order chi connectivity index (χ0) is 22.0. The smallest absolute Gasteiger partial charge is 0.247 e. The lowest BCUT2D eigenvalue weighted by Gasteiger charge is -2.27. The van der Waals surface area contributed by atoms with Gasteiger partial charge in [0.05, 0.1) is 23.0 Å². The Morgan fingerprint density at radius 3 is 2.23 bits per heavy atom. The second-order valence-electron chi connectivity index (χ2n) is 8.65. The summed E-state index contributed by atoms with van der Waals surface area (Å²) in [5.74, 6) is -0.913. The highest BCUT2D eigenvalue weighted by Crippen LogP contribution is 2.37. The maximum absolute atomic E-state index is 13.2. The Hall–Kier alpha value is -2.34. The van der Waals surface area contributed by atoms with Gasteiger partial charge in [0.1, 0.15) is 11.8 Å². The number of hydrogen-bond donors (Lipinski definition) is 1. The number of imide groups is 1. The molecule has 3 atom stereocenters. The van der Waals surface area contributed by atoms with Crippen molar-refractivity contribution < 1.29 is 19.1 Å². The average Bonchev–Trinajstić information content (AvgIpc) is 2.92. The van der Waals surface area contributed by atoms with Crippen molar-refractivity contribution in [1.82, 2.24) is 4.90 Å². The van der Waals surface area contributed by atoms with Crippen molar-refractivity contribution in [3.8, 4) is 5.75 Å². The summed E-state index contributed by atoms with van der Waals surface area (Å²) in [7, 11) is 0. The van der Waals surface area contributed by atoms with Gasteiger partial charge in [0.15, 0.2) is 0 Å². The minimum atomic E-state index is -0.846. The number of amides is 3. The van der Waals surface area contributed by atoms with E-state index in [0.29, 0.717) is 35.7 Å². The largest absolute Gasteiger partial charge is 0.489 e. The monoisotopic (exact) mass is 432 g/mol. The summed E-state index contributed by atoms with van der Waals surface area (Å²) in [5, 5.41) is 3.21. The van der Waals surface area contributed by atoms with Gasteiger partial charge in [-0.3, -0.25) is 19.3 Å². The minimum Gasteiger partial charge on any atom is -0.489 e. The Balaban J connectivity index is 1.80. The molecule has 1 saturated heterocycles. The van der Waals surface area contributed by atoms with Crippen molar-refractivity contribution in [3.05, 3.63) is 35.4 Å². The topological polar surface area (TPSA) is 75.7 Å². The molecule has 30 heavy (non-hydrogen) atoms. The van der Waals surface area contributed by atoms with Crippen molar-refractivity contribution in [1.29, 1.82) is 0 Å². The Bertz CT molecular complexity index is 839. The number of allylic oxidation sites excluding steroid dienone is 2. The van der Waals surface area contributed by atoms with E-state index >= 15 is 0 Å². The van der Waals surface area contributed by atoms with Gasteiger partial charge in [-0.1, -0.05) is 37.6 Å². The second kappa shape index (κ2) is 9.21. The van der Waals surface area contributed by atoms with Crippen molar-refractivity contribution in [2.24, 2.45) is 17.8 Å². The van der Waals surface area contributed by atoms with Crippen molar-refractivity contribution in [3.63, 3.8) is 0 Å². The first-order valence-corrected chi connectivity index (χ1v) is 10.9. The zero-order valence-corrected chi connectivity index (χ0v) is 18.6. The van der Waals surface area contributed by atoms with E-state index in [1.54, 1.807) is 18.2 Å². The third kappa shape index (κ3) is 4.69. The Labute approximate surface area is 182 Å². The first kappa shape index (κ1) is 22.3. The summed E-state index contributed by atoms with van der Waals surface area (Å²) in [6.45, 7) is 7.74. The van der Waals surface area contributed by atoms with Gasteiger partial charge in [0.25, 0.3) is 0 Å². The zero-order valence-electron chi connectivity index (χ0n) is 17.9. The second-order valence-corrected chi connectivity index (χ2v) is 9.06. The van der Waals surface area contributed by atoms with E-state index < -0.39 is 6.04 Å². The molecule has 0 spiro atoms. The SMILES string of the molecule is CC(C)CC(C(=O)Nc1ccc(OC(C)C)c(Cl)c1)N1C(=O)C2CC=CCC2C1=O. The van der Waals surface area contributed by atoms with E-state index in [4.69, 9.17) is 16.3 Å². The molecule has 1 aliphatic heterocycles. The molecule has 1 fully saturated rings. The Morgan fingerprint density at radius 1 is 1.13 bits per heavy atom. The number of hydrogen-bond acceptors (Lipinski definition) is 4. The number of nitrogens with zero attached hydrogens (tertiary/aromatic N) is 1. The number of rotatable bonds is 7. The van der Waals surface area contributed by atoms with Gasteiger partial charge in [0.2, 0.25) is 17.7 Å². The maximum atomic E-state index is 13.2. The number of anilines is 1. The lowest BCUT2D eigenvalue weighted by atomic mass is 9.85. The fraction of sp³-hybridized carbons (Fsp3) is 0.522. The first-order chi connectivity index (χ1) is 14.2. The number of ether oxygens (including phenoxy) is 1. The number of nitrogens with one attached hydrogen (secondary N) is 1. The van der Waals surface area contributed by atoms with Gasteiger partial charge in [-0.05, 0) is 57.2 Å². The van der Waals surface area contributed by atoms with Crippen LogP contribution in [0.4, 0.5) is 5.69 Å². The van der Waals surface area contributed by atoms with Gasteiger partial charge in [-0.2, -0.15) is 0 Å². The molecule has 0 bridgehead atoms. The quantitative estimate of drug-likeness (QED) is 0.510. The minimum absolute atomic E-state index is 0.0245. The van der Waals surface area contributed by atoms with Crippen LogP contribution in [-0.4, -0.2) is 34.8 Å². The molecule has 162 valence electrons. The molecule has 2 aliphatic rings. The van der Waals surface area contributed by atoms with Crippen LogP contribution in [0.25, 0.3) is 0 Å². The molecule has 3 unspecified atom stereocenters. The van der Waals surface area contributed by atoms with E-state index in [9.17, 15) is 14.4 Å². The molecule has 7 heteroatoms. The lowest BCUT2D eigenvalue weighted by molar-refractivity contribution is -0.147. The van der Waals surface area contributed by atoms with Crippen molar-refractivity contribution in [2.75, 3.05) is 5.32 Å². The summed E-state index contributed by atoms with van der Waals surface area (Å²) < 4.78 is 5.62. The molecule has 1 aromatic rings. The summed E-state index contributed by atoms with van der Waals surface area (Å²) >= 11 is 6.28. The van der Waals surface area contributed by atoms with Crippen LogP contribution < -0.4 is 10.1 Å². The third-order valence-electron chi connectivity index (χ3n) is 5.41. The first-order valence-electron chi connectivity index (χ1n) is 10.5. The summed E-state index contributed by atoms with van der Waals surface area (Å²) in [6.07, 6.45) is 5.36. The van der Waals surface area contributed by atoms with Crippen LogP contribution >= 0.6 is 11.6 Å². The number of benzene rings is 1. The molecule has 3 amide bonds. The maximum Gasteiger partial charge on any atom is 0.247 e. The fourth-order valence-corrected chi connectivity index (χ4v) is 4.29. The molecule has 0 aromatic heterocycles. The van der Waals surface area contributed by atoms with Gasteiger partial charge < -0.3 is 10.1 Å². The molecule has 1 heterocycles. The predicted molar refractivity (Wildman–Crippen MR) is 116 cm³/mol.